The molecule has 0 aliphatic carbocycles. The molecule has 0 radical (unpaired) electrons. The minimum absolute atomic E-state index is 0.199. The Bertz CT molecular complexity index is 652. The maximum atomic E-state index is 12.1. The lowest BCUT2D eigenvalue weighted by Crippen LogP contribution is -2.47. The van der Waals surface area contributed by atoms with E-state index in [0.717, 1.165) is 0 Å². The number of carboxylic acids is 1. The van der Waals surface area contributed by atoms with E-state index in [1.54, 1.807) is 14.1 Å². The number of carboxylic acid groups (broad SMARTS) is 1. The number of aliphatic hydroxyl groups excluding tert-OH is 1. The Morgan fingerprint density at radius 3 is 2.05 bits per heavy atom. The van der Waals surface area contributed by atoms with E-state index in [1.165, 1.54) is 36.1 Å². The van der Waals surface area contributed by atoms with Crippen LogP contribution in [-0.2, 0) is 14.8 Å². The normalized spacial score (nSPS) is 14.2. The van der Waals surface area contributed by atoms with Crippen LogP contribution in [0.1, 0.15) is 17.3 Å². The van der Waals surface area contributed by atoms with Crippen molar-refractivity contribution in [1.29, 1.82) is 0 Å². The minimum Gasteiger partial charge on any atom is -0.480 e. The zero-order valence-electron chi connectivity index (χ0n) is 12.3. The summed E-state index contributed by atoms with van der Waals surface area (Å²) >= 11 is 0. The summed E-state index contributed by atoms with van der Waals surface area (Å²) in [6, 6.07) is 3.39. The Hall–Kier alpha value is -1.97. The largest absolute Gasteiger partial charge is 0.480 e. The van der Waals surface area contributed by atoms with E-state index in [4.69, 9.17) is 5.11 Å². The zero-order chi connectivity index (χ0) is 17.1. The van der Waals surface area contributed by atoms with Crippen molar-refractivity contribution in [2.24, 2.45) is 0 Å². The third kappa shape index (κ3) is 4.26. The molecule has 9 heteroatoms. The number of aliphatic hydroxyl groups is 1. The standard InChI is InChI=1S/C13H18N2O6S/c1-8(16)11(13(18)19)14-22(20,21)10-6-4-9(5-7-10)12(17)15(2)3/h4-8,11,14,16H,1-3H3,(H,18,19)/t8-,11-/m0/s1. The molecule has 0 unspecified atom stereocenters. The third-order valence-electron chi connectivity index (χ3n) is 2.85. The van der Waals surface area contributed by atoms with E-state index in [-0.39, 0.29) is 10.8 Å². The van der Waals surface area contributed by atoms with Crippen molar-refractivity contribution in [2.75, 3.05) is 14.1 Å². The number of aliphatic carboxylic acids is 1. The highest BCUT2D eigenvalue weighted by molar-refractivity contribution is 7.89. The topological polar surface area (TPSA) is 124 Å². The monoisotopic (exact) mass is 330 g/mol. The van der Waals surface area contributed by atoms with Gasteiger partial charge in [0.2, 0.25) is 10.0 Å². The fourth-order valence-corrected chi connectivity index (χ4v) is 2.89. The van der Waals surface area contributed by atoms with Crippen molar-refractivity contribution in [2.45, 2.75) is 24.0 Å². The fraction of sp³-hybridized carbons (Fsp3) is 0.385. The molecule has 0 spiro atoms. The van der Waals surface area contributed by atoms with Crippen molar-refractivity contribution < 1.29 is 28.2 Å². The number of amides is 1. The molecule has 0 saturated heterocycles. The lowest BCUT2D eigenvalue weighted by Gasteiger charge is -2.17. The fourth-order valence-electron chi connectivity index (χ4n) is 1.63. The van der Waals surface area contributed by atoms with Crippen molar-refractivity contribution in [3.05, 3.63) is 29.8 Å². The van der Waals surface area contributed by atoms with E-state index in [1.807, 2.05) is 4.72 Å². The number of carbonyl (C=O) groups is 2. The number of benzene rings is 1. The zero-order valence-corrected chi connectivity index (χ0v) is 13.2. The van der Waals surface area contributed by atoms with Crippen LogP contribution in [0, 0.1) is 0 Å². The van der Waals surface area contributed by atoms with Gasteiger partial charge in [0.15, 0.2) is 0 Å². The van der Waals surface area contributed by atoms with Gasteiger partial charge in [0.05, 0.1) is 11.0 Å². The maximum Gasteiger partial charge on any atom is 0.324 e. The van der Waals surface area contributed by atoms with Crippen LogP contribution >= 0.6 is 0 Å². The molecule has 0 bridgehead atoms. The average molecular weight is 330 g/mol. The van der Waals surface area contributed by atoms with Gasteiger partial charge >= 0.3 is 5.97 Å². The number of sulfonamides is 1. The highest BCUT2D eigenvalue weighted by Crippen LogP contribution is 2.13. The first-order valence-electron chi connectivity index (χ1n) is 6.31. The van der Waals surface area contributed by atoms with Crippen LogP contribution in [0.5, 0.6) is 0 Å². The number of nitrogens with zero attached hydrogens (tertiary/aromatic N) is 1. The smallest absolute Gasteiger partial charge is 0.324 e. The van der Waals surface area contributed by atoms with Crippen LogP contribution < -0.4 is 4.72 Å². The van der Waals surface area contributed by atoms with E-state index in [0.29, 0.717) is 5.56 Å². The third-order valence-corrected chi connectivity index (χ3v) is 4.31. The van der Waals surface area contributed by atoms with Gasteiger partial charge in [-0.3, -0.25) is 9.59 Å². The molecule has 122 valence electrons. The van der Waals surface area contributed by atoms with Gasteiger partial charge in [0.25, 0.3) is 5.91 Å². The summed E-state index contributed by atoms with van der Waals surface area (Å²) in [5.74, 6) is -1.78. The molecule has 2 atom stereocenters. The summed E-state index contributed by atoms with van der Waals surface area (Å²) in [5.41, 5.74) is 0.300. The lowest BCUT2D eigenvalue weighted by atomic mass is 10.2. The highest BCUT2D eigenvalue weighted by Gasteiger charge is 2.29. The Labute approximate surface area is 128 Å². The molecule has 8 nitrogen and oxygen atoms in total. The van der Waals surface area contributed by atoms with Gasteiger partial charge in [-0.2, -0.15) is 4.72 Å². The van der Waals surface area contributed by atoms with Crippen molar-refractivity contribution in [1.82, 2.24) is 9.62 Å². The average Bonchev–Trinajstić information content (AvgIpc) is 2.43. The van der Waals surface area contributed by atoms with Crippen LogP contribution in [0.4, 0.5) is 0 Å². The van der Waals surface area contributed by atoms with Gasteiger partial charge in [0, 0.05) is 19.7 Å². The summed E-state index contributed by atoms with van der Waals surface area (Å²) in [7, 11) is -1.000. The quantitative estimate of drug-likeness (QED) is 0.646. The molecule has 0 fully saturated rings. The van der Waals surface area contributed by atoms with Crippen molar-refractivity contribution >= 4 is 21.9 Å². The van der Waals surface area contributed by atoms with Crippen LogP contribution in [0.15, 0.2) is 29.2 Å². The predicted molar refractivity (Wildman–Crippen MR) is 77.9 cm³/mol. The van der Waals surface area contributed by atoms with Crippen LogP contribution in [-0.4, -0.2) is 61.6 Å². The SMILES string of the molecule is C[C@H](O)[C@H](NS(=O)(=O)c1ccc(C(=O)N(C)C)cc1)C(=O)O. The second-order valence-electron chi connectivity index (χ2n) is 4.90. The molecule has 0 heterocycles. The van der Waals surface area contributed by atoms with E-state index < -0.39 is 28.1 Å². The summed E-state index contributed by atoms with van der Waals surface area (Å²) in [6.07, 6.45) is -1.40. The van der Waals surface area contributed by atoms with E-state index >= 15 is 0 Å². The van der Waals surface area contributed by atoms with Gasteiger partial charge in [-0.05, 0) is 31.2 Å². The van der Waals surface area contributed by atoms with E-state index in [9.17, 15) is 23.1 Å². The second kappa shape index (κ2) is 6.86. The molecule has 1 aromatic rings. The van der Waals surface area contributed by atoms with Crippen LogP contribution in [0.3, 0.4) is 0 Å². The molecule has 1 aromatic carbocycles. The van der Waals surface area contributed by atoms with Gasteiger partial charge in [-0.1, -0.05) is 0 Å². The van der Waals surface area contributed by atoms with Gasteiger partial charge < -0.3 is 15.1 Å². The molecule has 0 saturated carbocycles. The number of carbonyl (C=O) groups excluding carboxylic acids is 1. The molecule has 0 aliphatic rings. The van der Waals surface area contributed by atoms with Crippen molar-refractivity contribution in [3.8, 4) is 0 Å². The van der Waals surface area contributed by atoms with E-state index in [2.05, 4.69) is 0 Å². The Morgan fingerprint density at radius 1 is 1.18 bits per heavy atom. The highest BCUT2D eigenvalue weighted by atomic mass is 32.2. The molecular weight excluding hydrogens is 312 g/mol. The summed E-state index contributed by atoms with van der Waals surface area (Å²) in [4.78, 5) is 23.8. The first-order valence-corrected chi connectivity index (χ1v) is 7.79. The first kappa shape index (κ1) is 18.1. The van der Waals surface area contributed by atoms with Gasteiger partial charge in [-0.25, -0.2) is 8.42 Å². The maximum absolute atomic E-state index is 12.1. The molecule has 22 heavy (non-hydrogen) atoms. The Morgan fingerprint density at radius 2 is 1.68 bits per heavy atom. The number of nitrogens with one attached hydrogen (secondary N) is 1. The second-order valence-corrected chi connectivity index (χ2v) is 6.62. The first-order chi connectivity index (χ1) is 10.1. The minimum atomic E-state index is -4.13. The van der Waals surface area contributed by atoms with Gasteiger partial charge in [-0.15, -0.1) is 0 Å². The molecule has 3 N–H and O–H groups in total. The van der Waals surface area contributed by atoms with Gasteiger partial charge in [0.1, 0.15) is 6.04 Å². The number of hydrogen-bond donors (Lipinski definition) is 3. The Balaban J connectivity index is 3.04. The summed E-state index contributed by atoms with van der Waals surface area (Å²) in [5, 5.41) is 18.2. The molecule has 0 aliphatic heterocycles. The molecular formula is C13H18N2O6S. The molecule has 1 amide bonds. The van der Waals surface area contributed by atoms with Crippen LogP contribution in [0.2, 0.25) is 0 Å². The number of rotatable bonds is 6. The molecule has 1 rings (SSSR count). The van der Waals surface area contributed by atoms with Crippen molar-refractivity contribution in [3.63, 3.8) is 0 Å². The molecule has 0 aromatic heterocycles. The predicted octanol–water partition coefficient (Wildman–Crippen LogP) is -0.499. The number of hydrogen-bond acceptors (Lipinski definition) is 5. The summed E-state index contributed by atoms with van der Waals surface area (Å²) < 4.78 is 26.1. The lowest BCUT2D eigenvalue weighted by molar-refractivity contribution is -0.141. The Kier molecular flexibility index (Phi) is 5.64. The van der Waals surface area contributed by atoms with Crippen LogP contribution in [0.25, 0.3) is 0 Å². The summed E-state index contributed by atoms with van der Waals surface area (Å²) in [6.45, 7) is 1.17.